The van der Waals surface area contributed by atoms with Crippen LogP contribution in [0.1, 0.15) is 18.9 Å². The van der Waals surface area contributed by atoms with Gasteiger partial charge in [0.05, 0.1) is 22.9 Å². The number of rotatable bonds is 8. The van der Waals surface area contributed by atoms with Crippen molar-refractivity contribution in [2.75, 3.05) is 23.4 Å². The van der Waals surface area contributed by atoms with E-state index >= 15 is 0 Å². The van der Waals surface area contributed by atoms with Gasteiger partial charge in [0, 0.05) is 11.7 Å². The molecule has 2 aromatic carbocycles. The first-order chi connectivity index (χ1) is 15.0. The van der Waals surface area contributed by atoms with Crippen LogP contribution in [0.2, 0.25) is 0 Å². The van der Waals surface area contributed by atoms with Gasteiger partial charge in [0.25, 0.3) is 0 Å². The number of urea groups is 1. The molecule has 2 unspecified atom stereocenters. The predicted molar refractivity (Wildman–Crippen MR) is 122 cm³/mol. The minimum atomic E-state index is -3.85. The van der Waals surface area contributed by atoms with Gasteiger partial charge in [-0.1, -0.05) is 18.2 Å². The molecule has 1 saturated heterocycles. The van der Waals surface area contributed by atoms with Crippen molar-refractivity contribution in [1.82, 2.24) is 10.0 Å². The first-order valence-corrected chi connectivity index (χ1v) is 13.4. The molecule has 2 atom stereocenters. The van der Waals surface area contributed by atoms with E-state index in [0.29, 0.717) is 5.69 Å². The minimum Gasteiger partial charge on any atom is -0.489 e. The van der Waals surface area contributed by atoms with Crippen LogP contribution in [0.25, 0.3) is 0 Å². The Bertz CT molecular complexity index is 1160. The second-order valence-corrected chi connectivity index (χ2v) is 11.7. The number of sulfone groups is 1. The average Bonchev–Trinajstić information content (AvgIpc) is 3.06. The van der Waals surface area contributed by atoms with Gasteiger partial charge in [0.1, 0.15) is 11.9 Å². The standard InChI is InChI=1S/C21H27N3O6S2/c1-15-5-3-4-6-20(15)30-16(2)13-22-21(25)23-17-7-9-19(10-8-17)32(28,29)24-18-11-12-31(26,27)14-18/h3-10,16,18,24H,11-14H2,1-2H3,(H2,22,23,25). The lowest BCUT2D eigenvalue weighted by molar-refractivity contribution is 0.211. The lowest BCUT2D eigenvalue weighted by atomic mass is 10.2. The van der Waals surface area contributed by atoms with E-state index in [1.165, 1.54) is 24.3 Å². The van der Waals surface area contributed by atoms with Crippen molar-refractivity contribution in [2.45, 2.75) is 37.3 Å². The number of nitrogens with one attached hydrogen (secondary N) is 3. The zero-order valence-electron chi connectivity index (χ0n) is 17.9. The van der Waals surface area contributed by atoms with Gasteiger partial charge in [-0.2, -0.15) is 0 Å². The Kier molecular flexibility index (Phi) is 7.42. The highest BCUT2D eigenvalue weighted by Crippen LogP contribution is 2.19. The molecular weight excluding hydrogens is 454 g/mol. The van der Waals surface area contributed by atoms with Crippen molar-refractivity contribution in [1.29, 1.82) is 0 Å². The quantitative estimate of drug-likeness (QED) is 0.529. The number of hydrogen-bond donors (Lipinski definition) is 3. The van der Waals surface area contributed by atoms with Crippen molar-refractivity contribution in [3.05, 3.63) is 54.1 Å². The van der Waals surface area contributed by atoms with E-state index in [1.54, 1.807) is 0 Å². The average molecular weight is 482 g/mol. The highest BCUT2D eigenvalue weighted by atomic mass is 32.2. The molecule has 174 valence electrons. The molecule has 1 aliphatic heterocycles. The lowest BCUT2D eigenvalue weighted by Gasteiger charge is -2.17. The summed E-state index contributed by atoms with van der Waals surface area (Å²) in [5.74, 6) is 0.535. The summed E-state index contributed by atoms with van der Waals surface area (Å²) in [6, 6.07) is 12.2. The van der Waals surface area contributed by atoms with E-state index < -0.39 is 31.9 Å². The maximum atomic E-state index is 12.5. The van der Waals surface area contributed by atoms with Crippen molar-refractivity contribution >= 4 is 31.6 Å². The van der Waals surface area contributed by atoms with Gasteiger partial charge in [-0.15, -0.1) is 0 Å². The van der Waals surface area contributed by atoms with Gasteiger partial charge in [-0.05, 0) is 56.2 Å². The first-order valence-electron chi connectivity index (χ1n) is 10.1. The van der Waals surface area contributed by atoms with Gasteiger partial charge in [-0.25, -0.2) is 26.4 Å². The monoisotopic (exact) mass is 481 g/mol. The summed E-state index contributed by atoms with van der Waals surface area (Å²) in [6.45, 7) is 4.06. The molecule has 0 saturated carbocycles. The fourth-order valence-corrected chi connectivity index (χ4v) is 6.30. The molecule has 0 radical (unpaired) electrons. The summed E-state index contributed by atoms with van der Waals surface area (Å²) in [4.78, 5) is 12.1. The van der Waals surface area contributed by atoms with Crippen LogP contribution < -0.4 is 20.1 Å². The van der Waals surface area contributed by atoms with Crippen LogP contribution in [0.3, 0.4) is 0 Å². The zero-order valence-corrected chi connectivity index (χ0v) is 19.5. The number of para-hydroxylation sites is 1. The lowest BCUT2D eigenvalue weighted by Crippen LogP contribution is -2.36. The molecule has 11 heteroatoms. The Balaban J connectivity index is 1.49. The second kappa shape index (κ2) is 9.88. The van der Waals surface area contributed by atoms with E-state index in [-0.39, 0.29) is 35.5 Å². The summed E-state index contributed by atoms with van der Waals surface area (Å²) in [6.07, 6.45) is 0.00715. The maximum absolute atomic E-state index is 12.5. The van der Waals surface area contributed by atoms with Crippen LogP contribution in [0.4, 0.5) is 10.5 Å². The maximum Gasteiger partial charge on any atom is 0.319 e. The van der Waals surface area contributed by atoms with Crippen LogP contribution in [-0.2, 0) is 19.9 Å². The Morgan fingerprint density at radius 2 is 1.84 bits per heavy atom. The van der Waals surface area contributed by atoms with E-state index in [9.17, 15) is 21.6 Å². The topological polar surface area (TPSA) is 131 Å². The third kappa shape index (κ3) is 6.68. The van der Waals surface area contributed by atoms with Gasteiger partial charge >= 0.3 is 6.03 Å². The highest BCUT2D eigenvalue weighted by Gasteiger charge is 2.31. The molecular formula is C21H27N3O6S2. The van der Waals surface area contributed by atoms with E-state index in [4.69, 9.17) is 4.74 Å². The molecule has 1 fully saturated rings. The van der Waals surface area contributed by atoms with Crippen LogP contribution >= 0.6 is 0 Å². The van der Waals surface area contributed by atoms with Crippen molar-refractivity contribution in [2.24, 2.45) is 0 Å². The normalized spacial score (nSPS) is 18.6. The molecule has 0 spiro atoms. The fourth-order valence-electron chi connectivity index (χ4n) is 3.25. The van der Waals surface area contributed by atoms with Gasteiger partial charge in [0.2, 0.25) is 10.0 Å². The highest BCUT2D eigenvalue weighted by molar-refractivity contribution is 7.92. The van der Waals surface area contributed by atoms with Crippen molar-refractivity contribution < 1.29 is 26.4 Å². The van der Waals surface area contributed by atoms with Gasteiger partial charge in [0.15, 0.2) is 9.84 Å². The third-order valence-electron chi connectivity index (χ3n) is 4.95. The Hall–Kier alpha value is -2.63. The van der Waals surface area contributed by atoms with Crippen LogP contribution in [-0.4, -0.2) is 53.1 Å². The second-order valence-electron chi connectivity index (χ2n) is 7.77. The Morgan fingerprint density at radius 1 is 1.16 bits per heavy atom. The SMILES string of the molecule is Cc1ccccc1OC(C)CNC(=O)Nc1ccc(S(=O)(=O)NC2CCS(=O)(=O)C2)cc1. The molecule has 9 nitrogen and oxygen atoms in total. The first kappa shape index (κ1) is 24.0. The number of amides is 2. The zero-order chi connectivity index (χ0) is 23.4. The molecule has 0 bridgehead atoms. The molecule has 0 aliphatic carbocycles. The van der Waals surface area contributed by atoms with Gasteiger partial charge in [-0.3, -0.25) is 0 Å². The number of carbonyl (C=O) groups is 1. The number of ether oxygens (including phenoxy) is 1. The minimum absolute atomic E-state index is 0.00647. The molecule has 1 heterocycles. The van der Waals surface area contributed by atoms with Crippen LogP contribution in [0.5, 0.6) is 5.75 Å². The summed E-state index contributed by atoms with van der Waals surface area (Å²) in [5.41, 5.74) is 1.42. The molecule has 3 N–H and O–H groups in total. The summed E-state index contributed by atoms with van der Waals surface area (Å²) in [5, 5.41) is 5.34. The fraction of sp³-hybridized carbons (Fsp3) is 0.381. The Labute approximate surface area is 188 Å². The third-order valence-corrected chi connectivity index (χ3v) is 8.25. The summed E-state index contributed by atoms with van der Waals surface area (Å²) in [7, 11) is -7.05. The number of sulfonamides is 1. The van der Waals surface area contributed by atoms with E-state index in [1.807, 2.05) is 38.1 Å². The van der Waals surface area contributed by atoms with Crippen molar-refractivity contribution in [3.63, 3.8) is 0 Å². The van der Waals surface area contributed by atoms with Crippen LogP contribution in [0, 0.1) is 6.92 Å². The molecule has 3 rings (SSSR count). The molecule has 1 aliphatic rings. The number of aryl methyl sites for hydroxylation is 1. The summed E-state index contributed by atoms with van der Waals surface area (Å²) < 4.78 is 56.2. The van der Waals surface area contributed by atoms with Gasteiger partial charge < -0.3 is 15.4 Å². The predicted octanol–water partition coefficient (Wildman–Crippen LogP) is 2.05. The molecule has 2 amide bonds. The number of carbonyl (C=O) groups excluding carboxylic acids is 1. The molecule has 0 aromatic heterocycles. The largest absolute Gasteiger partial charge is 0.489 e. The summed E-state index contributed by atoms with van der Waals surface area (Å²) >= 11 is 0. The number of anilines is 1. The van der Waals surface area contributed by atoms with E-state index in [2.05, 4.69) is 15.4 Å². The van der Waals surface area contributed by atoms with Crippen LogP contribution in [0.15, 0.2) is 53.4 Å². The number of hydrogen-bond acceptors (Lipinski definition) is 6. The van der Waals surface area contributed by atoms with Crippen molar-refractivity contribution in [3.8, 4) is 5.75 Å². The smallest absolute Gasteiger partial charge is 0.319 e. The Morgan fingerprint density at radius 3 is 2.47 bits per heavy atom. The van der Waals surface area contributed by atoms with E-state index in [0.717, 1.165) is 11.3 Å². The number of benzene rings is 2. The molecule has 32 heavy (non-hydrogen) atoms. The molecule has 2 aromatic rings.